The molecule has 108 valence electrons. The maximum Gasteiger partial charge on any atom is 0.338 e. The van der Waals surface area contributed by atoms with E-state index in [1.165, 1.54) is 6.07 Å². The van der Waals surface area contributed by atoms with E-state index in [0.717, 1.165) is 17.7 Å². The van der Waals surface area contributed by atoms with Gasteiger partial charge in [0.25, 0.3) is 0 Å². The summed E-state index contributed by atoms with van der Waals surface area (Å²) < 4.78 is 13.3. The molecule has 0 bridgehead atoms. The molecule has 0 fully saturated rings. The van der Waals surface area contributed by atoms with Crippen LogP contribution in [0.1, 0.15) is 21.6 Å². The van der Waals surface area contributed by atoms with Crippen LogP contribution < -0.4 is 5.32 Å². The molecular formula is C15H13FN2O3. The second-order valence-corrected chi connectivity index (χ2v) is 4.49. The van der Waals surface area contributed by atoms with Crippen LogP contribution in [0, 0.1) is 12.7 Å². The number of carbonyl (C=O) groups excluding carboxylic acids is 1. The average Bonchev–Trinajstić information content (AvgIpc) is 2.43. The predicted molar refractivity (Wildman–Crippen MR) is 74.7 cm³/mol. The maximum absolute atomic E-state index is 13.3. The van der Waals surface area contributed by atoms with E-state index < -0.39 is 17.3 Å². The molecule has 2 N–H and O–H groups in total. The molecule has 2 aromatic rings. The van der Waals surface area contributed by atoms with Gasteiger partial charge in [0, 0.05) is 11.9 Å². The maximum atomic E-state index is 13.3. The quantitative estimate of drug-likeness (QED) is 0.905. The first-order valence-corrected chi connectivity index (χ1v) is 6.20. The van der Waals surface area contributed by atoms with Gasteiger partial charge in [0.1, 0.15) is 5.82 Å². The van der Waals surface area contributed by atoms with Crippen molar-refractivity contribution in [2.75, 3.05) is 5.32 Å². The number of nitrogens with zero attached hydrogens (tertiary/aromatic N) is 1. The Balaban J connectivity index is 2.12. The van der Waals surface area contributed by atoms with E-state index in [2.05, 4.69) is 10.3 Å². The SMILES string of the molecule is Cc1cccnc1CC(=O)Nc1ccc(F)c(C(=O)O)c1. The third kappa shape index (κ3) is 3.62. The normalized spacial score (nSPS) is 10.2. The molecule has 0 spiro atoms. The van der Waals surface area contributed by atoms with Crippen molar-refractivity contribution in [2.24, 2.45) is 0 Å². The highest BCUT2D eigenvalue weighted by molar-refractivity contribution is 5.94. The summed E-state index contributed by atoms with van der Waals surface area (Å²) in [6.07, 6.45) is 1.66. The largest absolute Gasteiger partial charge is 0.478 e. The Morgan fingerprint density at radius 1 is 1.33 bits per heavy atom. The number of nitrogens with one attached hydrogen (secondary N) is 1. The van der Waals surface area contributed by atoms with Crippen molar-refractivity contribution in [3.8, 4) is 0 Å². The number of aromatic nitrogens is 1. The summed E-state index contributed by atoms with van der Waals surface area (Å²) in [5, 5.41) is 11.4. The van der Waals surface area contributed by atoms with Crippen molar-refractivity contribution >= 4 is 17.6 Å². The molecule has 1 aromatic carbocycles. The lowest BCUT2D eigenvalue weighted by Crippen LogP contribution is -2.16. The molecule has 0 saturated carbocycles. The lowest BCUT2D eigenvalue weighted by molar-refractivity contribution is -0.115. The second kappa shape index (κ2) is 6.13. The molecule has 5 nitrogen and oxygen atoms in total. The van der Waals surface area contributed by atoms with Gasteiger partial charge >= 0.3 is 5.97 Å². The molecule has 0 aliphatic carbocycles. The average molecular weight is 288 g/mol. The number of rotatable bonds is 4. The number of carboxylic acid groups (broad SMARTS) is 1. The first kappa shape index (κ1) is 14.6. The minimum Gasteiger partial charge on any atom is -0.478 e. The van der Waals surface area contributed by atoms with Crippen LogP contribution >= 0.6 is 0 Å². The van der Waals surface area contributed by atoms with E-state index in [0.29, 0.717) is 5.69 Å². The minimum atomic E-state index is -1.39. The van der Waals surface area contributed by atoms with Gasteiger partial charge in [-0.15, -0.1) is 0 Å². The van der Waals surface area contributed by atoms with Gasteiger partial charge in [0.15, 0.2) is 0 Å². The van der Waals surface area contributed by atoms with E-state index in [1.54, 1.807) is 12.3 Å². The number of aryl methyl sites for hydroxylation is 1. The molecule has 2 rings (SSSR count). The highest BCUT2D eigenvalue weighted by Crippen LogP contribution is 2.15. The number of benzene rings is 1. The number of aromatic carboxylic acids is 1. The number of carboxylic acids is 1. The van der Waals surface area contributed by atoms with Crippen LogP contribution in [0.5, 0.6) is 0 Å². The molecule has 0 aliphatic rings. The third-order valence-electron chi connectivity index (χ3n) is 2.93. The lowest BCUT2D eigenvalue weighted by atomic mass is 10.1. The minimum absolute atomic E-state index is 0.0620. The van der Waals surface area contributed by atoms with E-state index in [9.17, 15) is 14.0 Å². The van der Waals surface area contributed by atoms with Gasteiger partial charge in [0.05, 0.1) is 17.7 Å². The highest BCUT2D eigenvalue weighted by atomic mass is 19.1. The predicted octanol–water partition coefficient (Wildman–Crippen LogP) is 2.41. The van der Waals surface area contributed by atoms with Crippen molar-refractivity contribution in [2.45, 2.75) is 13.3 Å². The molecule has 0 atom stereocenters. The fraction of sp³-hybridized carbons (Fsp3) is 0.133. The summed E-state index contributed by atoms with van der Waals surface area (Å²) in [5.74, 6) is -2.58. The van der Waals surface area contributed by atoms with E-state index >= 15 is 0 Å². The number of carbonyl (C=O) groups is 2. The van der Waals surface area contributed by atoms with Gasteiger partial charge in [-0.25, -0.2) is 9.18 Å². The summed E-state index contributed by atoms with van der Waals surface area (Å²) in [6, 6.07) is 7.02. The molecule has 0 unspecified atom stereocenters. The first-order valence-electron chi connectivity index (χ1n) is 6.20. The van der Waals surface area contributed by atoms with Crippen molar-refractivity contribution in [3.05, 3.63) is 59.2 Å². The number of anilines is 1. The van der Waals surface area contributed by atoms with Crippen molar-refractivity contribution < 1.29 is 19.1 Å². The summed E-state index contributed by atoms with van der Waals surface area (Å²) >= 11 is 0. The molecule has 0 aliphatic heterocycles. The molecular weight excluding hydrogens is 275 g/mol. The van der Waals surface area contributed by atoms with Crippen molar-refractivity contribution in [1.82, 2.24) is 4.98 Å². The monoisotopic (exact) mass is 288 g/mol. The molecule has 1 aromatic heterocycles. The lowest BCUT2D eigenvalue weighted by Gasteiger charge is -2.07. The first-order chi connectivity index (χ1) is 9.97. The fourth-order valence-electron chi connectivity index (χ4n) is 1.83. The number of hydrogen-bond acceptors (Lipinski definition) is 3. The fourth-order valence-corrected chi connectivity index (χ4v) is 1.83. The Labute approximate surface area is 120 Å². The zero-order valence-electron chi connectivity index (χ0n) is 11.3. The number of amides is 1. The third-order valence-corrected chi connectivity index (χ3v) is 2.93. The van der Waals surface area contributed by atoms with Crippen LogP contribution in [-0.2, 0) is 11.2 Å². The second-order valence-electron chi connectivity index (χ2n) is 4.49. The summed E-state index contributed by atoms with van der Waals surface area (Å²) in [4.78, 5) is 26.8. The van der Waals surface area contributed by atoms with Crippen LogP contribution in [0.4, 0.5) is 10.1 Å². The van der Waals surface area contributed by atoms with Crippen molar-refractivity contribution in [3.63, 3.8) is 0 Å². The van der Waals surface area contributed by atoms with E-state index in [-0.39, 0.29) is 18.0 Å². The summed E-state index contributed by atoms with van der Waals surface area (Å²) in [7, 11) is 0. The zero-order valence-corrected chi connectivity index (χ0v) is 11.3. The standard InChI is InChI=1S/C15H13FN2O3/c1-9-3-2-6-17-13(9)8-14(19)18-10-4-5-12(16)11(7-10)15(20)21/h2-7H,8H2,1H3,(H,18,19)(H,20,21). The van der Waals surface area contributed by atoms with Gasteiger partial charge in [-0.1, -0.05) is 6.07 Å². The topological polar surface area (TPSA) is 79.3 Å². The Kier molecular flexibility index (Phi) is 4.27. The Bertz CT molecular complexity index is 701. The smallest absolute Gasteiger partial charge is 0.338 e. The molecule has 0 radical (unpaired) electrons. The van der Waals surface area contributed by atoms with Crippen LogP contribution in [-0.4, -0.2) is 22.0 Å². The van der Waals surface area contributed by atoms with Gasteiger partial charge < -0.3 is 10.4 Å². The van der Waals surface area contributed by atoms with Crippen molar-refractivity contribution in [1.29, 1.82) is 0 Å². The van der Waals surface area contributed by atoms with Crippen LogP contribution in [0.2, 0.25) is 0 Å². The zero-order chi connectivity index (χ0) is 15.4. The highest BCUT2D eigenvalue weighted by Gasteiger charge is 2.13. The van der Waals surface area contributed by atoms with Gasteiger partial charge in [0.2, 0.25) is 5.91 Å². The Hall–Kier alpha value is -2.76. The Morgan fingerprint density at radius 3 is 2.76 bits per heavy atom. The van der Waals surface area contributed by atoms with Gasteiger partial charge in [-0.05, 0) is 36.8 Å². The molecule has 0 saturated heterocycles. The molecule has 21 heavy (non-hydrogen) atoms. The number of pyridine rings is 1. The van der Waals surface area contributed by atoms with Crippen LogP contribution in [0.25, 0.3) is 0 Å². The molecule has 1 amide bonds. The summed E-state index contributed by atoms with van der Waals surface area (Å²) in [5.41, 5.74) is 1.27. The number of halogens is 1. The Morgan fingerprint density at radius 2 is 2.10 bits per heavy atom. The van der Waals surface area contributed by atoms with E-state index in [4.69, 9.17) is 5.11 Å². The van der Waals surface area contributed by atoms with E-state index in [1.807, 2.05) is 13.0 Å². The van der Waals surface area contributed by atoms with Gasteiger partial charge in [-0.2, -0.15) is 0 Å². The molecule has 1 heterocycles. The van der Waals surface area contributed by atoms with Gasteiger partial charge in [-0.3, -0.25) is 9.78 Å². The van der Waals surface area contributed by atoms with Crippen LogP contribution in [0.3, 0.4) is 0 Å². The van der Waals surface area contributed by atoms with Crippen LogP contribution in [0.15, 0.2) is 36.5 Å². The number of hydrogen-bond donors (Lipinski definition) is 2. The summed E-state index contributed by atoms with van der Waals surface area (Å²) in [6.45, 7) is 1.84. The molecule has 6 heteroatoms.